The van der Waals surface area contributed by atoms with Gasteiger partial charge >= 0.3 is 0 Å². The monoisotopic (exact) mass is 826 g/mol. The van der Waals surface area contributed by atoms with Gasteiger partial charge in [-0.2, -0.15) is 10.2 Å². The van der Waals surface area contributed by atoms with Crippen LogP contribution in [0.15, 0.2) is 91.8 Å². The predicted octanol–water partition coefficient (Wildman–Crippen LogP) is 8.96. The standard InChI is InChI=1S/C20H24ClN3O3S.C20H24FN3O3S/c2*1-19(2,3)17-11-16(24(6)23-17)15-12-27-18(22-15)20(4,5)28(25,26)14-9-7-13(21)8-10-14/h2*7-12H,1-6H3. The van der Waals surface area contributed by atoms with Crippen LogP contribution in [0.2, 0.25) is 5.02 Å². The number of aryl methyl sites for hydroxylation is 2. The third-order valence-electron chi connectivity index (χ3n) is 9.45. The van der Waals surface area contributed by atoms with Crippen molar-refractivity contribution < 1.29 is 30.1 Å². The van der Waals surface area contributed by atoms with Crippen LogP contribution in [0.5, 0.6) is 0 Å². The van der Waals surface area contributed by atoms with Crippen LogP contribution in [0.1, 0.15) is 92.4 Å². The molecule has 300 valence electrons. The van der Waals surface area contributed by atoms with Gasteiger partial charge in [0.15, 0.2) is 19.7 Å². The Morgan fingerprint density at radius 3 is 1.25 bits per heavy atom. The van der Waals surface area contributed by atoms with Crippen LogP contribution in [-0.2, 0) is 54.1 Å². The average Bonchev–Trinajstić information content (AvgIpc) is 3.91. The molecule has 0 N–H and O–H groups in total. The van der Waals surface area contributed by atoms with Gasteiger partial charge in [-0.15, -0.1) is 0 Å². The molecule has 6 aromatic rings. The highest BCUT2D eigenvalue weighted by atomic mass is 35.5. The lowest BCUT2D eigenvalue weighted by molar-refractivity contribution is 0.431. The van der Waals surface area contributed by atoms with Gasteiger partial charge in [0.2, 0.25) is 11.8 Å². The maximum atomic E-state index is 13.2. The maximum Gasteiger partial charge on any atom is 0.215 e. The van der Waals surface area contributed by atoms with E-state index >= 15 is 0 Å². The summed E-state index contributed by atoms with van der Waals surface area (Å²) in [4.78, 5) is 9.09. The topological polar surface area (TPSA) is 156 Å². The molecule has 56 heavy (non-hydrogen) atoms. The predicted molar refractivity (Wildman–Crippen MR) is 213 cm³/mol. The molecule has 0 aliphatic carbocycles. The van der Waals surface area contributed by atoms with E-state index in [-0.39, 0.29) is 32.4 Å². The summed E-state index contributed by atoms with van der Waals surface area (Å²) < 4.78 is 77.4. The summed E-state index contributed by atoms with van der Waals surface area (Å²) in [5.41, 5.74) is 4.11. The van der Waals surface area contributed by atoms with Crippen molar-refractivity contribution in [1.82, 2.24) is 29.5 Å². The van der Waals surface area contributed by atoms with E-state index in [1.54, 1.807) is 42.4 Å². The lowest BCUT2D eigenvalue weighted by Gasteiger charge is -2.21. The largest absolute Gasteiger partial charge is 0.447 e. The van der Waals surface area contributed by atoms with Crippen LogP contribution in [0.25, 0.3) is 22.8 Å². The molecule has 0 aliphatic rings. The summed E-state index contributed by atoms with van der Waals surface area (Å²) in [6.45, 7) is 18.6. The zero-order chi connectivity index (χ0) is 41.8. The van der Waals surface area contributed by atoms with E-state index in [1.165, 1.54) is 50.6 Å². The molecule has 4 aromatic heterocycles. The van der Waals surface area contributed by atoms with E-state index in [1.807, 2.05) is 19.2 Å². The Kier molecular flexibility index (Phi) is 11.2. The smallest absolute Gasteiger partial charge is 0.215 e. The quantitative estimate of drug-likeness (QED) is 0.136. The molecule has 0 saturated carbocycles. The van der Waals surface area contributed by atoms with Crippen molar-refractivity contribution in [3.63, 3.8) is 0 Å². The molecule has 0 bridgehead atoms. The van der Waals surface area contributed by atoms with Crippen molar-refractivity contribution in [2.45, 2.75) is 99.4 Å². The fourth-order valence-electron chi connectivity index (χ4n) is 5.53. The van der Waals surface area contributed by atoms with Gasteiger partial charge in [-0.1, -0.05) is 53.1 Å². The molecule has 0 unspecified atom stereocenters. The van der Waals surface area contributed by atoms with E-state index in [0.29, 0.717) is 16.4 Å². The molecule has 0 amide bonds. The SMILES string of the molecule is Cn1nc(C(C)(C)C)cc1-c1coc(C(C)(C)S(=O)(=O)c2ccc(Cl)cc2)n1.Cn1nc(C(C)(C)C)cc1-c1coc(C(C)(C)S(=O)(=O)c2ccc(F)cc2)n1. The van der Waals surface area contributed by atoms with Crippen LogP contribution < -0.4 is 0 Å². The van der Waals surface area contributed by atoms with Gasteiger partial charge < -0.3 is 8.83 Å². The van der Waals surface area contributed by atoms with Gasteiger partial charge in [0, 0.05) is 29.9 Å². The third kappa shape index (κ3) is 8.12. The zero-order valence-corrected chi connectivity index (χ0v) is 36.0. The van der Waals surface area contributed by atoms with E-state index in [0.717, 1.165) is 34.9 Å². The van der Waals surface area contributed by atoms with E-state index in [9.17, 15) is 21.2 Å². The molecule has 16 heteroatoms. The van der Waals surface area contributed by atoms with Gasteiger partial charge in [0.25, 0.3) is 0 Å². The Bertz CT molecular complexity index is 2390. The van der Waals surface area contributed by atoms with Crippen LogP contribution in [0, 0.1) is 5.82 Å². The van der Waals surface area contributed by atoms with Crippen LogP contribution >= 0.6 is 11.6 Å². The zero-order valence-electron chi connectivity index (χ0n) is 33.6. The van der Waals surface area contributed by atoms with E-state index in [4.69, 9.17) is 20.4 Å². The van der Waals surface area contributed by atoms with Crippen LogP contribution in [0.4, 0.5) is 4.39 Å². The summed E-state index contributed by atoms with van der Waals surface area (Å²) >= 11 is 5.88. The summed E-state index contributed by atoms with van der Waals surface area (Å²) in [6, 6.07) is 14.7. The van der Waals surface area contributed by atoms with Crippen molar-refractivity contribution in [1.29, 1.82) is 0 Å². The number of nitrogens with zero attached hydrogens (tertiary/aromatic N) is 6. The van der Waals surface area contributed by atoms with Crippen molar-refractivity contribution in [2.75, 3.05) is 0 Å². The van der Waals surface area contributed by atoms with Crippen molar-refractivity contribution in [2.24, 2.45) is 14.1 Å². The van der Waals surface area contributed by atoms with Gasteiger partial charge in [-0.05, 0) is 88.4 Å². The molecule has 0 aliphatic heterocycles. The molecule has 6 rings (SSSR count). The summed E-state index contributed by atoms with van der Waals surface area (Å²) in [5.74, 6) is -0.317. The first kappa shape index (κ1) is 42.5. The molecule has 0 atom stereocenters. The Labute approximate surface area is 333 Å². The van der Waals surface area contributed by atoms with Crippen LogP contribution in [0.3, 0.4) is 0 Å². The summed E-state index contributed by atoms with van der Waals surface area (Å²) in [6.07, 6.45) is 2.90. The number of hydrogen-bond acceptors (Lipinski definition) is 10. The van der Waals surface area contributed by atoms with Crippen LogP contribution in [-0.4, -0.2) is 46.4 Å². The molecular formula is C40H48ClFN6O6S2. The second-order valence-corrected chi connectivity index (χ2v) is 22.0. The van der Waals surface area contributed by atoms with Crippen molar-refractivity contribution in [3.05, 3.63) is 107 Å². The molecule has 12 nitrogen and oxygen atoms in total. The Hall–Kier alpha value is -4.60. The Morgan fingerprint density at radius 1 is 0.589 bits per heavy atom. The minimum absolute atomic E-state index is 0.00852. The van der Waals surface area contributed by atoms with Crippen molar-refractivity contribution in [3.8, 4) is 22.8 Å². The first-order valence-corrected chi connectivity index (χ1v) is 21.0. The first-order chi connectivity index (χ1) is 25.7. The van der Waals surface area contributed by atoms with Gasteiger partial charge in [0.1, 0.15) is 39.2 Å². The summed E-state index contributed by atoms with van der Waals surface area (Å²) in [7, 11) is -3.96. The van der Waals surface area contributed by atoms with Crippen molar-refractivity contribution >= 4 is 31.3 Å². The van der Waals surface area contributed by atoms with Gasteiger partial charge in [-0.3, -0.25) is 9.36 Å². The number of hydrogen-bond donors (Lipinski definition) is 0. The molecule has 0 radical (unpaired) electrons. The fraction of sp³-hybridized carbons (Fsp3) is 0.400. The van der Waals surface area contributed by atoms with Gasteiger partial charge in [-0.25, -0.2) is 31.2 Å². The third-order valence-corrected chi connectivity index (χ3v) is 14.5. The minimum Gasteiger partial charge on any atom is -0.447 e. The number of oxazole rings is 2. The van der Waals surface area contributed by atoms with Gasteiger partial charge in [0.05, 0.1) is 32.6 Å². The number of halogens is 2. The molecule has 0 spiro atoms. The highest BCUT2D eigenvalue weighted by Crippen LogP contribution is 2.38. The molecule has 0 saturated heterocycles. The molecule has 2 aromatic carbocycles. The lowest BCUT2D eigenvalue weighted by atomic mass is 9.92. The number of rotatable bonds is 8. The summed E-state index contributed by atoms with van der Waals surface area (Å²) in [5, 5.41) is 9.53. The number of sulfone groups is 2. The molecular weight excluding hydrogens is 779 g/mol. The maximum absolute atomic E-state index is 13.2. The fourth-order valence-corrected chi connectivity index (χ4v) is 8.47. The van der Waals surface area contributed by atoms with E-state index in [2.05, 4.69) is 61.7 Å². The Morgan fingerprint density at radius 2 is 0.929 bits per heavy atom. The second kappa shape index (κ2) is 14.7. The minimum atomic E-state index is -3.85. The molecule has 0 fully saturated rings. The Balaban J connectivity index is 0.000000214. The van der Waals surface area contributed by atoms with E-state index < -0.39 is 35.0 Å². The average molecular weight is 827 g/mol. The highest BCUT2D eigenvalue weighted by Gasteiger charge is 2.43. The molecule has 4 heterocycles. The lowest BCUT2D eigenvalue weighted by Crippen LogP contribution is -2.29. The number of benzene rings is 2. The highest BCUT2D eigenvalue weighted by molar-refractivity contribution is 7.92. The second-order valence-electron chi connectivity index (χ2n) is 16.6. The number of aromatic nitrogens is 6. The first-order valence-electron chi connectivity index (χ1n) is 17.7. The normalized spacial score (nSPS) is 13.1.